The van der Waals surface area contributed by atoms with Gasteiger partial charge >= 0.3 is 6.18 Å². The van der Waals surface area contributed by atoms with Crippen molar-refractivity contribution in [2.24, 2.45) is 0 Å². The van der Waals surface area contributed by atoms with Crippen molar-refractivity contribution in [2.75, 3.05) is 33.3 Å². The SMILES string of the molecule is COc1ccc2c(c1)CCc1c-2nc2c(C(=O)N3CCN(Cc4cc(F)ccc4F)CC3)cnn2c1C(F)(F)F. The molecule has 0 spiro atoms. The summed E-state index contributed by atoms with van der Waals surface area (Å²) in [6, 6.07) is 8.42. The number of methoxy groups -OCH3 is 1. The van der Waals surface area contributed by atoms with Gasteiger partial charge in [0.25, 0.3) is 5.91 Å². The average Bonchev–Trinajstić information content (AvgIpc) is 3.36. The quantitative estimate of drug-likeness (QED) is 0.339. The summed E-state index contributed by atoms with van der Waals surface area (Å²) in [6.45, 7) is 1.45. The number of carbonyl (C=O) groups excluding carboxylic acids is 1. The van der Waals surface area contributed by atoms with Crippen LogP contribution in [0.15, 0.2) is 42.6 Å². The van der Waals surface area contributed by atoms with Crippen LogP contribution in [0.2, 0.25) is 0 Å². The van der Waals surface area contributed by atoms with Gasteiger partial charge in [-0.1, -0.05) is 0 Å². The third-order valence-corrected chi connectivity index (χ3v) is 7.52. The molecule has 40 heavy (non-hydrogen) atoms. The lowest BCUT2D eigenvalue weighted by Gasteiger charge is -2.34. The monoisotopic (exact) mass is 557 g/mol. The molecule has 1 aliphatic carbocycles. The minimum atomic E-state index is -4.72. The van der Waals surface area contributed by atoms with Crippen molar-refractivity contribution < 1.29 is 31.5 Å². The van der Waals surface area contributed by atoms with E-state index in [9.17, 15) is 26.7 Å². The van der Waals surface area contributed by atoms with Gasteiger partial charge < -0.3 is 9.64 Å². The first-order chi connectivity index (χ1) is 19.1. The molecule has 2 aromatic heterocycles. The normalized spacial score (nSPS) is 15.7. The Hall–Kier alpha value is -4.06. The second-order valence-corrected chi connectivity index (χ2v) is 9.91. The Labute approximate surface area is 225 Å². The van der Waals surface area contributed by atoms with Gasteiger partial charge in [0.05, 0.1) is 19.0 Å². The van der Waals surface area contributed by atoms with Gasteiger partial charge in [-0.15, -0.1) is 0 Å². The standard InChI is InChI=1S/C28H24F5N5O2/c1-40-19-4-6-20-16(13-19)2-5-21-24(20)35-26-22(14-34-38(26)25(21)28(31,32)33)27(39)37-10-8-36(9-11-37)15-17-12-18(29)3-7-23(17)30/h3-4,6-7,12-14H,2,5,8-11,15H2,1H3. The zero-order valence-electron chi connectivity index (χ0n) is 21.4. The fourth-order valence-electron chi connectivity index (χ4n) is 5.51. The summed E-state index contributed by atoms with van der Waals surface area (Å²) in [5.41, 5.74) is 0.688. The molecule has 0 N–H and O–H groups in total. The molecule has 0 unspecified atom stereocenters. The van der Waals surface area contributed by atoms with Crippen LogP contribution in [0, 0.1) is 11.6 Å². The number of alkyl halides is 3. The van der Waals surface area contributed by atoms with E-state index in [2.05, 4.69) is 10.1 Å². The lowest BCUT2D eigenvalue weighted by atomic mass is 9.87. The largest absolute Gasteiger partial charge is 0.497 e. The summed E-state index contributed by atoms with van der Waals surface area (Å²) in [7, 11) is 1.52. The van der Waals surface area contributed by atoms with Crippen molar-refractivity contribution in [3.8, 4) is 17.0 Å². The first kappa shape index (κ1) is 26.2. The van der Waals surface area contributed by atoms with Crippen LogP contribution in [-0.4, -0.2) is 63.6 Å². The van der Waals surface area contributed by atoms with Gasteiger partial charge in [-0.05, 0) is 54.8 Å². The molecule has 0 atom stereocenters. The van der Waals surface area contributed by atoms with Gasteiger partial charge in [0.1, 0.15) is 22.9 Å². The number of aryl methyl sites for hydroxylation is 1. The molecule has 3 heterocycles. The van der Waals surface area contributed by atoms with Crippen molar-refractivity contribution in [1.29, 1.82) is 0 Å². The number of amides is 1. The average molecular weight is 558 g/mol. The topological polar surface area (TPSA) is 63.0 Å². The van der Waals surface area contributed by atoms with Crippen molar-refractivity contribution in [1.82, 2.24) is 24.4 Å². The third kappa shape index (κ3) is 4.55. The summed E-state index contributed by atoms with van der Waals surface area (Å²) >= 11 is 0. The van der Waals surface area contributed by atoms with Gasteiger partial charge in [-0.2, -0.15) is 18.3 Å². The lowest BCUT2D eigenvalue weighted by Crippen LogP contribution is -2.48. The summed E-state index contributed by atoms with van der Waals surface area (Å²) in [6.07, 6.45) is -3.09. The van der Waals surface area contributed by atoms with E-state index in [1.54, 1.807) is 18.2 Å². The van der Waals surface area contributed by atoms with Crippen molar-refractivity contribution >= 4 is 11.6 Å². The van der Waals surface area contributed by atoms with Gasteiger partial charge in [-0.25, -0.2) is 18.3 Å². The fourth-order valence-corrected chi connectivity index (χ4v) is 5.51. The molecule has 208 valence electrons. The summed E-state index contributed by atoms with van der Waals surface area (Å²) in [5, 5.41) is 3.96. The number of hydrogen-bond donors (Lipinski definition) is 0. The first-order valence-corrected chi connectivity index (χ1v) is 12.7. The smallest absolute Gasteiger partial charge is 0.433 e. The molecule has 0 saturated carbocycles. The lowest BCUT2D eigenvalue weighted by molar-refractivity contribution is -0.143. The number of carbonyl (C=O) groups is 1. The number of nitrogens with zero attached hydrogens (tertiary/aromatic N) is 5. The number of ether oxygens (including phenoxy) is 1. The van der Waals surface area contributed by atoms with Gasteiger partial charge in [0.15, 0.2) is 11.3 Å². The van der Waals surface area contributed by atoms with Crippen molar-refractivity contribution in [3.63, 3.8) is 0 Å². The van der Waals surface area contributed by atoms with E-state index in [0.717, 1.165) is 34.5 Å². The van der Waals surface area contributed by atoms with E-state index >= 15 is 0 Å². The Balaban J connectivity index is 1.31. The maximum atomic E-state index is 14.4. The summed E-state index contributed by atoms with van der Waals surface area (Å²) in [4.78, 5) is 21.5. The molecule has 2 aromatic carbocycles. The predicted molar refractivity (Wildman–Crippen MR) is 135 cm³/mol. The van der Waals surface area contributed by atoms with E-state index in [4.69, 9.17) is 4.74 Å². The maximum Gasteiger partial charge on any atom is 0.433 e. The van der Waals surface area contributed by atoms with E-state index in [1.807, 2.05) is 4.90 Å². The van der Waals surface area contributed by atoms with Crippen LogP contribution in [0.1, 0.15) is 32.7 Å². The Morgan fingerprint density at radius 3 is 2.52 bits per heavy atom. The molecule has 1 amide bonds. The molecule has 12 heteroatoms. The van der Waals surface area contributed by atoms with Crippen LogP contribution >= 0.6 is 0 Å². The first-order valence-electron chi connectivity index (χ1n) is 12.7. The molecule has 0 radical (unpaired) electrons. The minimum absolute atomic E-state index is 0.0291. The zero-order valence-corrected chi connectivity index (χ0v) is 21.4. The molecule has 0 bridgehead atoms. The molecule has 1 fully saturated rings. The van der Waals surface area contributed by atoms with Crippen LogP contribution in [0.3, 0.4) is 0 Å². The van der Waals surface area contributed by atoms with Crippen LogP contribution in [0.25, 0.3) is 16.9 Å². The minimum Gasteiger partial charge on any atom is -0.497 e. The number of aromatic nitrogens is 3. The number of halogens is 5. The van der Waals surface area contributed by atoms with Crippen LogP contribution in [0.5, 0.6) is 5.75 Å². The highest BCUT2D eigenvalue weighted by Gasteiger charge is 2.41. The van der Waals surface area contributed by atoms with Gasteiger partial charge in [-0.3, -0.25) is 9.69 Å². The maximum absolute atomic E-state index is 14.4. The molecule has 2 aliphatic rings. The summed E-state index contributed by atoms with van der Waals surface area (Å²) in [5.74, 6) is -0.939. The van der Waals surface area contributed by atoms with E-state index < -0.39 is 29.4 Å². The van der Waals surface area contributed by atoms with Crippen molar-refractivity contribution in [3.05, 3.63) is 82.2 Å². The van der Waals surface area contributed by atoms with E-state index in [1.165, 1.54) is 12.0 Å². The van der Waals surface area contributed by atoms with Gasteiger partial charge in [0, 0.05) is 49.4 Å². The number of piperazine rings is 1. The third-order valence-electron chi connectivity index (χ3n) is 7.52. The predicted octanol–water partition coefficient (Wildman–Crippen LogP) is 4.76. The van der Waals surface area contributed by atoms with Crippen LogP contribution in [0.4, 0.5) is 22.0 Å². The molecule has 1 saturated heterocycles. The highest BCUT2D eigenvalue weighted by Crippen LogP contribution is 2.41. The molecule has 6 rings (SSSR count). The number of rotatable bonds is 4. The van der Waals surface area contributed by atoms with Gasteiger partial charge in [0.2, 0.25) is 0 Å². The molecule has 7 nitrogen and oxygen atoms in total. The zero-order chi connectivity index (χ0) is 28.2. The Bertz CT molecular complexity index is 1630. The van der Waals surface area contributed by atoms with E-state index in [0.29, 0.717) is 30.8 Å². The summed E-state index contributed by atoms with van der Waals surface area (Å²) < 4.78 is 76.8. The van der Waals surface area contributed by atoms with Crippen LogP contribution in [-0.2, 0) is 25.6 Å². The molecule has 4 aromatic rings. The second-order valence-electron chi connectivity index (χ2n) is 9.91. The van der Waals surface area contributed by atoms with Crippen molar-refractivity contribution in [2.45, 2.75) is 25.6 Å². The molecule has 1 aliphatic heterocycles. The highest BCUT2D eigenvalue weighted by molar-refractivity contribution is 6.00. The van der Waals surface area contributed by atoms with Crippen LogP contribution < -0.4 is 4.74 Å². The number of hydrogen-bond acceptors (Lipinski definition) is 5. The highest BCUT2D eigenvalue weighted by atomic mass is 19.4. The Kier molecular flexibility index (Phi) is 6.44. The number of benzene rings is 2. The van der Waals surface area contributed by atoms with E-state index in [-0.39, 0.29) is 54.1 Å². The Morgan fingerprint density at radius 2 is 1.80 bits per heavy atom. The fraction of sp³-hybridized carbons (Fsp3) is 0.321. The second kappa shape index (κ2) is 9.84. The molecular formula is C28H24F5N5O2. The molecular weight excluding hydrogens is 533 g/mol. The Morgan fingerprint density at radius 1 is 1.02 bits per heavy atom. The number of fused-ring (bicyclic) bond motifs is 4.